The van der Waals surface area contributed by atoms with Crippen LogP contribution in [0.5, 0.6) is 0 Å². The van der Waals surface area contributed by atoms with Crippen LogP contribution in [0.4, 0.5) is 0 Å². The zero-order valence-electron chi connectivity index (χ0n) is 14.4. The third-order valence-corrected chi connectivity index (χ3v) is 6.08. The number of hydrogen-bond donors (Lipinski definition) is 1. The van der Waals surface area contributed by atoms with Gasteiger partial charge in [0.1, 0.15) is 16.1 Å². The maximum absolute atomic E-state index is 12.9. The quantitative estimate of drug-likeness (QED) is 0.668. The highest BCUT2D eigenvalue weighted by molar-refractivity contribution is 6.34. The summed E-state index contributed by atoms with van der Waals surface area (Å²) < 4.78 is 0. The van der Waals surface area contributed by atoms with Gasteiger partial charge in [0.15, 0.2) is 5.78 Å². The number of aryl methyl sites for hydroxylation is 1. The minimum Gasteiger partial charge on any atom is -0.511 e. The van der Waals surface area contributed by atoms with E-state index in [4.69, 9.17) is 23.2 Å². The molecule has 2 bridgehead atoms. The van der Waals surface area contributed by atoms with E-state index in [1.54, 1.807) is 6.07 Å². The van der Waals surface area contributed by atoms with Crippen molar-refractivity contribution in [3.63, 3.8) is 0 Å². The summed E-state index contributed by atoms with van der Waals surface area (Å²) in [6.45, 7) is 2.05. The Kier molecular flexibility index (Phi) is 4.54. The molecule has 0 unspecified atom stereocenters. The first-order valence-corrected chi connectivity index (χ1v) is 9.68. The number of pyridine rings is 1. The molecule has 5 heteroatoms. The molecule has 1 N–H and O–H groups in total. The zero-order valence-corrected chi connectivity index (χ0v) is 15.9. The van der Waals surface area contributed by atoms with Gasteiger partial charge in [-0.3, -0.25) is 4.79 Å². The van der Waals surface area contributed by atoms with Crippen LogP contribution in [-0.2, 0) is 11.2 Å². The molecule has 1 heterocycles. The molecular weight excluding hydrogens is 369 g/mol. The number of aliphatic hydroxyl groups is 1. The SMILES string of the molecule is CCc1ccc(-c2ccc(Cl)nc2Cl)cc1C1=C(O)[C@H]2CC[C@H](C2)C1=O. The lowest BCUT2D eigenvalue weighted by Gasteiger charge is -2.23. The number of hydrogen-bond acceptors (Lipinski definition) is 3. The molecule has 1 fully saturated rings. The molecule has 2 aliphatic carbocycles. The third kappa shape index (κ3) is 2.83. The highest BCUT2D eigenvalue weighted by Crippen LogP contribution is 2.46. The van der Waals surface area contributed by atoms with E-state index in [1.807, 2.05) is 24.3 Å². The van der Waals surface area contributed by atoms with Crippen molar-refractivity contribution < 1.29 is 9.90 Å². The standard InChI is InChI=1S/C21H19Cl2NO2/c1-2-11-3-4-12(15-7-8-17(22)24-21(15)23)10-16(11)18-19(25)13-5-6-14(9-13)20(18)26/h3-4,7-8,10,13-14,25H,2,5-6,9H2,1H3/t13-,14+/m0/s1. The molecule has 0 spiro atoms. The second kappa shape index (κ2) is 6.71. The molecule has 4 rings (SSSR count). The molecule has 3 nitrogen and oxygen atoms in total. The Balaban J connectivity index is 1.88. The number of carbonyl (C=O) groups is 1. The summed E-state index contributed by atoms with van der Waals surface area (Å²) in [4.78, 5) is 17.0. The molecule has 0 radical (unpaired) electrons. The van der Waals surface area contributed by atoms with Gasteiger partial charge in [0.2, 0.25) is 0 Å². The fourth-order valence-corrected chi connectivity index (χ4v) is 4.64. The topological polar surface area (TPSA) is 50.2 Å². The van der Waals surface area contributed by atoms with Crippen molar-refractivity contribution in [2.75, 3.05) is 0 Å². The van der Waals surface area contributed by atoms with Gasteiger partial charge in [0.05, 0.1) is 5.57 Å². The van der Waals surface area contributed by atoms with Gasteiger partial charge in [-0.25, -0.2) is 4.98 Å². The number of aromatic nitrogens is 1. The van der Waals surface area contributed by atoms with Gasteiger partial charge < -0.3 is 5.11 Å². The number of Topliss-reactive ketones (excluding diaryl/α,β-unsaturated/α-hetero) is 1. The lowest BCUT2D eigenvalue weighted by Crippen LogP contribution is -2.22. The second-order valence-corrected chi connectivity index (χ2v) is 7.77. The molecule has 1 saturated carbocycles. The number of rotatable bonds is 3. The van der Waals surface area contributed by atoms with Crippen molar-refractivity contribution in [2.45, 2.75) is 32.6 Å². The number of carbonyl (C=O) groups excluding carboxylic acids is 1. The largest absolute Gasteiger partial charge is 0.511 e. The number of aliphatic hydroxyl groups excluding tert-OH is 1. The Labute approximate surface area is 162 Å². The second-order valence-electron chi connectivity index (χ2n) is 7.03. The van der Waals surface area contributed by atoms with Crippen molar-refractivity contribution in [1.29, 1.82) is 0 Å². The Morgan fingerprint density at radius 3 is 2.62 bits per heavy atom. The minimum absolute atomic E-state index is 0.0417. The monoisotopic (exact) mass is 387 g/mol. The molecular formula is C21H19Cl2NO2. The minimum atomic E-state index is 0.0417. The summed E-state index contributed by atoms with van der Waals surface area (Å²) in [5.41, 5.74) is 3.97. The summed E-state index contributed by atoms with van der Waals surface area (Å²) >= 11 is 12.2. The average Bonchev–Trinajstić information content (AvgIpc) is 3.07. The van der Waals surface area contributed by atoms with Gasteiger partial charge in [-0.1, -0.05) is 42.3 Å². The number of halogens is 2. The van der Waals surface area contributed by atoms with Crippen molar-refractivity contribution in [1.82, 2.24) is 4.98 Å². The van der Waals surface area contributed by atoms with Crippen molar-refractivity contribution in [3.8, 4) is 11.1 Å². The van der Waals surface area contributed by atoms with E-state index in [1.165, 1.54) is 0 Å². The molecule has 2 aromatic rings. The number of nitrogens with zero attached hydrogens (tertiary/aromatic N) is 1. The highest BCUT2D eigenvalue weighted by Gasteiger charge is 2.41. The van der Waals surface area contributed by atoms with E-state index in [-0.39, 0.29) is 23.4 Å². The number of ketones is 1. The molecule has 1 aromatic carbocycles. The number of allylic oxidation sites excluding steroid dienone is 2. The fraction of sp³-hybridized carbons (Fsp3) is 0.333. The molecule has 0 aliphatic heterocycles. The maximum atomic E-state index is 12.9. The normalized spacial score (nSPS) is 22.2. The summed E-state index contributed by atoms with van der Waals surface area (Å²) in [5, 5.41) is 11.4. The van der Waals surface area contributed by atoms with Gasteiger partial charge in [0, 0.05) is 17.4 Å². The van der Waals surface area contributed by atoms with Gasteiger partial charge in [-0.15, -0.1) is 0 Å². The van der Waals surface area contributed by atoms with Crippen LogP contribution in [0.2, 0.25) is 10.3 Å². The van der Waals surface area contributed by atoms with Crippen LogP contribution >= 0.6 is 23.2 Å². The lowest BCUT2D eigenvalue weighted by atomic mass is 9.81. The van der Waals surface area contributed by atoms with Gasteiger partial charge >= 0.3 is 0 Å². The predicted molar refractivity (Wildman–Crippen MR) is 104 cm³/mol. The van der Waals surface area contributed by atoms with Crippen LogP contribution < -0.4 is 0 Å². The number of benzene rings is 1. The molecule has 2 aliphatic rings. The van der Waals surface area contributed by atoms with E-state index in [2.05, 4.69) is 11.9 Å². The van der Waals surface area contributed by atoms with Crippen molar-refractivity contribution >= 4 is 34.6 Å². The predicted octanol–water partition coefficient (Wildman–Crippen LogP) is 5.89. The van der Waals surface area contributed by atoms with Crippen molar-refractivity contribution in [3.05, 3.63) is 57.5 Å². The molecule has 0 amide bonds. The third-order valence-electron chi connectivity index (χ3n) is 5.58. The summed E-state index contributed by atoms with van der Waals surface area (Å²) in [5.74, 6) is 0.487. The van der Waals surface area contributed by atoms with Gasteiger partial charge in [-0.05, 0) is 60.6 Å². The first kappa shape index (κ1) is 17.6. The molecule has 26 heavy (non-hydrogen) atoms. The van der Waals surface area contributed by atoms with Gasteiger partial charge in [-0.2, -0.15) is 0 Å². The Morgan fingerprint density at radius 1 is 1.12 bits per heavy atom. The first-order chi connectivity index (χ1) is 12.5. The summed E-state index contributed by atoms with van der Waals surface area (Å²) in [6.07, 6.45) is 3.31. The van der Waals surface area contributed by atoms with E-state index >= 15 is 0 Å². The van der Waals surface area contributed by atoms with Crippen LogP contribution in [0.1, 0.15) is 37.3 Å². The Morgan fingerprint density at radius 2 is 1.88 bits per heavy atom. The Bertz CT molecular complexity index is 936. The molecule has 134 valence electrons. The molecule has 0 saturated heterocycles. The summed E-state index contributed by atoms with van der Waals surface area (Å²) in [7, 11) is 0. The molecule has 2 atom stereocenters. The van der Waals surface area contributed by atoms with Crippen molar-refractivity contribution in [2.24, 2.45) is 11.8 Å². The smallest absolute Gasteiger partial charge is 0.169 e. The van der Waals surface area contributed by atoms with Gasteiger partial charge in [0.25, 0.3) is 0 Å². The zero-order chi connectivity index (χ0) is 18.4. The fourth-order valence-electron chi connectivity index (χ4n) is 4.19. The first-order valence-electron chi connectivity index (χ1n) is 8.92. The van der Waals surface area contributed by atoms with Crippen LogP contribution in [0.25, 0.3) is 16.7 Å². The van der Waals surface area contributed by atoms with Crippen LogP contribution in [0, 0.1) is 11.8 Å². The van der Waals surface area contributed by atoms with E-state index in [0.717, 1.165) is 47.9 Å². The van der Waals surface area contributed by atoms with E-state index in [9.17, 15) is 9.90 Å². The molecule has 1 aromatic heterocycles. The van der Waals surface area contributed by atoms with Crippen LogP contribution in [-0.4, -0.2) is 15.9 Å². The summed E-state index contributed by atoms with van der Waals surface area (Å²) in [6, 6.07) is 9.43. The lowest BCUT2D eigenvalue weighted by molar-refractivity contribution is -0.117. The van der Waals surface area contributed by atoms with E-state index in [0.29, 0.717) is 15.9 Å². The average molecular weight is 388 g/mol. The Hall–Kier alpha value is -1.84. The maximum Gasteiger partial charge on any atom is 0.169 e. The highest BCUT2D eigenvalue weighted by atomic mass is 35.5. The number of fused-ring (bicyclic) bond motifs is 2. The van der Waals surface area contributed by atoms with E-state index < -0.39 is 0 Å². The van der Waals surface area contributed by atoms with Crippen LogP contribution in [0.3, 0.4) is 0 Å². The van der Waals surface area contributed by atoms with Crippen LogP contribution in [0.15, 0.2) is 36.1 Å².